The highest BCUT2D eigenvalue weighted by Crippen LogP contribution is 2.26. The first-order valence-electron chi connectivity index (χ1n) is 5.06. The second kappa shape index (κ2) is 5.33. The highest BCUT2D eigenvalue weighted by Gasteiger charge is 2.16. The second-order valence-electron chi connectivity index (χ2n) is 3.43. The minimum Gasteiger partial charge on any atom is -0.478 e. The van der Waals surface area contributed by atoms with Crippen molar-refractivity contribution in [1.29, 1.82) is 0 Å². The van der Waals surface area contributed by atoms with Crippen molar-refractivity contribution in [2.24, 2.45) is 5.73 Å². The van der Waals surface area contributed by atoms with Crippen LogP contribution in [0.3, 0.4) is 0 Å². The summed E-state index contributed by atoms with van der Waals surface area (Å²) in [7, 11) is 0. The molecule has 0 amide bonds. The highest BCUT2D eigenvalue weighted by molar-refractivity contribution is 9.10. The number of rotatable bonds is 4. The monoisotopic (exact) mass is 299 g/mol. The van der Waals surface area contributed by atoms with Gasteiger partial charge >= 0.3 is 0 Å². The van der Waals surface area contributed by atoms with Crippen LogP contribution in [-0.4, -0.2) is 6.54 Å². The third-order valence-electron chi connectivity index (χ3n) is 2.24. The van der Waals surface area contributed by atoms with Gasteiger partial charge in [-0.15, -0.1) is 0 Å². The molecule has 0 aliphatic carbocycles. The molecular formula is C12H11BrFNO2. The van der Waals surface area contributed by atoms with Crippen molar-refractivity contribution >= 4 is 15.9 Å². The lowest BCUT2D eigenvalue weighted by Gasteiger charge is -2.15. The molecule has 2 N–H and O–H groups in total. The zero-order chi connectivity index (χ0) is 12.3. The number of furan rings is 1. The van der Waals surface area contributed by atoms with Crippen LogP contribution >= 0.6 is 15.9 Å². The average molecular weight is 300 g/mol. The van der Waals surface area contributed by atoms with E-state index in [4.69, 9.17) is 14.9 Å². The maximum absolute atomic E-state index is 13.6. The normalized spacial score (nSPS) is 12.4. The Balaban J connectivity index is 2.19. The van der Waals surface area contributed by atoms with E-state index in [1.165, 1.54) is 12.3 Å². The summed E-state index contributed by atoms with van der Waals surface area (Å²) in [5.41, 5.74) is 5.58. The fraction of sp³-hybridized carbons (Fsp3) is 0.167. The molecule has 3 nitrogen and oxygen atoms in total. The standard InChI is InChI=1S/C12H11BrFNO2/c13-8-3-4-10(9(14)6-8)17-12(7-15)11-2-1-5-16-11/h1-6,12H,7,15H2. The number of benzene rings is 1. The van der Waals surface area contributed by atoms with Gasteiger partial charge < -0.3 is 14.9 Å². The summed E-state index contributed by atoms with van der Waals surface area (Å²) in [6, 6.07) is 8.07. The molecule has 0 spiro atoms. The third kappa shape index (κ3) is 2.87. The lowest BCUT2D eigenvalue weighted by atomic mass is 10.2. The van der Waals surface area contributed by atoms with Crippen LogP contribution in [0.5, 0.6) is 5.75 Å². The summed E-state index contributed by atoms with van der Waals surface area (Å²) in [6.07, 6.45) is 1.04. The van der Waals surface area contributed by atoms with Gasteiger partial charge in [0.15, 0.2) is 17.7 Å². The van der Waals surface area contributed by atoms with Crippen molar-refractivity contribution in [3.05, 3.63) is 52.6 Å². The molecule has 1 unspecified atom stereocenters. The zero-order valence-electron chi connectivity index (χ0n) is 8.90. The Morgan fingerprint density at radius 3 is 2.82 bits per heavy atom. The molecule has 0 radical (unpaired) electrons. The van der Waals surface area contributed by atoms with Gasteiger partial charge in [0.25, 0.3) is 0 Å². The molecule has 0 bridgehead atoms. The quantitative estimate of drug-likeness (QED) is 0.943. The van der Waals surface area contributed by atoms with E-state index in [-0.39, 0.29) is 12.3 Å². The fourth-order valence-electron chi connectivity index (χ4n) is 1.42. The summed E-state index contributed by atoms with van der Waals surface area (Å²) in [5.74, 6) is 0.291. The Morgan fingerprint density at radius 2 is 2.24 bits per heavy atom. The minimum absolute atomic E-state index is 0.153. The topological polar surface area (TPSA) is 48.4 Å². The molecule has 90 valence electrons. The Labute approximate surface area is 106 Å². The van der Waals surface area contributed by atoms with E-state index in [1.807, 2.05) is 0 Å². The summed E-state index contributed by atoms with van der Waals surface area (Å²) < 4.78 is 24.9. The molecule has 0 fully saturated rings. The minimum atomic E-state index is -0.485. The van der Waals surface area contributed by atoms with Crippen molar-refractivity contribution in [3.63, 3.8) is 0 Å². The Bertz CT molecular complexity index is 487. The number of hydrogen-bond acceptors (Lipinski definition) is 3. The van der Waals surface area contributed by atoms with E-state index in [9.17, 15) is 4.39 Å². The molecular weight excluding hydrogens is 289 g/mol. The first-order chi connectivity index (χ1) is 8.20. The van der Waals surface area contributed by atoms with Crippen molar-refractivity contribution in [3.8, 4) is 5.75 Å². The van der Waals surface area contributed by atoms with Gasteiger partial charge in [-0.2, -0.15) is 0 Å². The number of nitrogens with two attached hydrogens (primary N) is 1. The molecule has 2 rings (SSSR count). The van der Waals surface area contributed by atoms with E-state index in [1.54, 1.807) is 24.3 Å². The van der Waals surface area contributed by atoms with E-state index < -0.39 is 11.9 Å². The first-order valence-corrected chi connectivity index (χ1v) is 5.85. The molecule has 1 aromatic carbocycles. The highest BCUT2D eigenvalue weighted by atomic mass is 79.9. The van der Waals surface area contributed by atoms with Crippen LogP contribution in [0.15, 0.2) is 45.5 Å². The number of hydrogen-bond donors (Lipinski definition) is 1. The lowest BCUT2D eigenvalue weighted by molar-refractivity contribution is 0.176. The maximum atomic E-state index is 13.6. The molecule has 2 aromatic rings. The van der Waals surface area contributed by atoms with E-state index >= 15 is 0 Å². The summed E-state index contributed by atoms with van der Waals surface area (Å²) in [6.45, 7) is 0.211. The smallest absolute Gasteiger partial charge is 0.168 e. The van der Waals surface area contributed by atoms with Gasteiger partial charge in [0.1, 0.15) is 5.76 Å². The van der Waals surface area contributed by atoms with Gasteiger partial charge in [-0.1, -0.05) is 15.9 Å². The molecule has 1 atom stereocenters. The molecule has 0 saturated carbocycles. The van der Waals surface area contributed by atoms with Gasteiger partial charge in [-0.3, -0.25) is 0 Å². The Kier molecular flexibility index (Phi) is 3.81. The summed E-state index contributed by atoms with van der Waals surface area (Å²) in [4.78, 5) is 0. The SMILES string of the molecule is NCC(Oc1ccc(Br)cc1F)c1ccco1. The van der Waals surface area contributed by atoms with Gasteiger partial charge in [-0.25, -0.2) is 4.39 Å². The van der Waals surface area contributed by atoms with E-state index in [0.29, 0.717) is 10.2 Å². The van der Waals surface area contributed by atoms with Crippen molar-refractivity contribution in [2.45, 2.75) is 6.10 Å². The van der Waals surface area contributed by atoms with E-state index in [0.717, 1.165) is 0 Å². The van der Waals surface area contributed by atoms with Crippen LogP contribution in [-0.2, 0) is 0 Å². The van der Waals surface area contributed by atoms with Gasteiger partial charge in [-0.05, 0) is 30.3 Å². The van der Waals surface area contributed by atoms with Crippen molar-refractivity contribution < 1.29 is 13.5 Å². The van der Waals surface area contributed by atoms with Crippen molar-refractivity contribution in [2.75, 3.05) is 6.54 Å². The molecule has 0 aliphatic rings. The predicted molar refractivity (Wildman–Crippen MR) is 65.2 cm³/mol. The van der Waals surface area contributed by atoms with Crippen LogP contribution in [0.25, 0.3) is 0 Å². The molecule has 5 heteroatoms. The summed E-state index contributed by atoms with van der Waals surface area (Å²) in [5, 5.41) is 0. The molecule has 1 heterocycles. The third-order valence-corrected chi connectivity index (χ3v) is 2.73. The van der Waals surface area contributed by atoms with Crippen molar-refractivity contribution in [1.82, 2.24) is 0 Å². The first kappa shape index (κ1) is 12.1. The van der Waals surface area contributed by atoms with Crippen LogP contribution in [0.1, 0.15) is 11.9 Å². The van der Waals surface area contributed by atoms with Crippen LogP contribution in [0.4, 0.5) is 4.39 Å². The summed E-state index contributed by atoms with van der Waals surface area (Å²) >= 11 is 3.18. The lowest BCUT2D eigenvalue weighted by Crippen LogP contribution is -2.18. The number of ether oxygens (including phenoxy) is 1. The zero-order valence-corrected chi connectivity index (χ0v) is 10.5. The van der Waals surface area contributed by atoms with Crippen LogP contribution < -0.4 is 10.5 Å². The Morgan fingerprint density at radius 1 is 1.41 bits per heavy atom. The average Bonchev–Trinajstić information content (AvgIpc) is 2.81. The molecule has 0 aliphatic heterocycles. The van der Waals surface area contributed by atoms with Gasteiger partial charge in [0, 0.05) is 11.0 Å². The van der Waals surface area contributed by atoms with E-state index in [2.05, 4.69) is 15.9 Å². The predicted octanol–water partition coefficient (Wildman–Crippen LogP) is 3.26. The van der Waals surface area contributed by atoms with Gasteiger partial charge in [0.05, 0.1) is 6.26 Å². The molecule has 1 aromatic heterocycles. The van der Waals surface area contributed by atoms with Crippen LogP contribution in [0, 0.1) is 5.82 Å². The molecule has 17 heavy (non-hydrogen) atoms. The maximum Gasteiger partial charge on any atom is 0.168 e. The molecule has 0 saturated heterocycles. The van der Waals surface area contributed by atoms with Crippen LogP contribution in [0.2, 0.25) is 0 Å². The van der Waals surface area contributed by atoms with Gasteiger partial charge in [0.2, 0.25) is 0 Å². The fourth-order valence-corrected chi connectivity index (χ4v) is 1.75. The second-order valence-corrected chi connectivity index (χ2v) is 4.35. The Hall–Kier alpha value is -1.33. The number of halogens is 2. The largest absolute Gasteiger partial charge is 0.478 e.